The van der Waals surface area contributed by atoms with E-state index >= 15 is 0 Å². The highest BCUT2D eigenvalue weighted by molar-refractivity contribution is 6.37. The molecule has 0 aliphatic rings. The van der Waals surface area contributed by atoms with Crippen LogP contribution in [-0.2, 0) is 6.18 Å². The van der Waals surface area contributed by atoms with Crippen LogP contribution in [0.4, 0.5) is 13.2 Å². The van der Waals surface area contributed by atoms with Gasteiger partial charge in [0.25, 0.3) is 0 Å². The molecule has 0 atom stereocenters. The van der Waals surface area contributed by atoms with Crippen molar-refractivity contribution in [3.63, 3.8) is 0 Å². The van der Waals surface area contributed by atoms with Crippen molar-refractivity contribution in [1.29, 1.82) is 0 Å². The predicted molar refractivity (Wildman–Crippen MR) is 72.9 cm³/mol. The summed E-state index contributed by atoms with van der Waals surface area (Å²) < 4.78 is 40.0. The molecule has 0 bridgehead atoms. The third kappa shape index (κ3) is 2.73. The van der Waals surface area contributed by atoms with Crippen LogP contribution in [0.1, 0.15) is 11.4 Å². The lowest BCUT2D eigenvalue weighted by atomic mass is 10.2. The number of halogens is 5. The molecule has 21 heavy (non-hydrogen) atoms. The number of nitrogens with one attached hydrogen (secondary N) is 1. The topological polar surface area (TPSA) is 51.9 Å². The summed E-state index contributed by atoms with van der Waals surface area (Å²) in [7, 11) is 1.50. The lowest BCUT2D eigenvalue weighted by Crippen LogP contribution is -2.29. The number of aryl methyl sites for hydroxylation is 1. The number of benzene rings is 1. The highest BCUT2D eigenvalue weighted by Crippen LogP contribution is 2.36. The zero-order chi connectivity index (χ0) is 15.9. The first-order valence-electron chi connectivity index (χ1n) is 5.60. The Labute approximate surface area is 126 Å². The molecule has 0 amide bonds. The van der Waals surface area contributed by atoms with Crippen LogP contribution < -0.4 is 11.1 Å². The highest BCUT2D eigenvalue weighted by atomic mass is 35.5. The monoisotopic (exact) mass is 340 g/mol. The van der Waals surface area contributed by atoms with Gasteiger partial charge in [-0.1, -0.05) is 23.2 Å². The molecule has 0 spiro atoms. The van der Waals surface area contributed by atoms with Gasteiger partial charge < -0.3 is 5.43 Å². The molecular formula is C11H9Cl2F3N4O. The van der Waals surface area contributed by atoms with Gasteiger partial charge in [-0.25, -0.2) is 4.79 Å². The van der Waals surface area contributed by atoms with E-state index in [2.05, 4.69) is 10.5 Å². The molecule has 1 heterocycles. The molecular weight excluding hydrogens is 332 g/mol. The summed E-state index contributed by atoms with van der Waals surface area (Å²) in [5.74, 6) is 0.300. The third-order valence-corrected chi connectivity index (χ3v) is 3.30. The average molecular weight is 341 g/mol. The highest BCUT2D eigenvalue weighted by Gasteiger charge is 2.32. The van der Waals surface area contributed by atoms with E-state index in [0.717, 1.165) is 9.36 Å². The van der Waals surface area contributed by atoms with Crippen molar-refractivity contribution in [2.75, 3.05) is 12.5 Å². The van der Waals surface area contributed by atoms with Crippen LogP contribution in [-0.4, -0.2) is 21.5 Å². The van der Waals surface area contributed by atoms with E-state index in [1.165, 1.54) is 7.05 Å². The van der Waals surface area contributed by atoms with Gasteiger partial charge in [-0.05, 0) is 19.1 Å². The molecule has 0 saturated heterocycles. The number of hydrogen-bond acceptors (Lipinski definition) is 3. The molecule has 5 nitrogen and oxygen atoms in total. The molecule has 0 aliphatic heterocycles. The van der Waals surface area contributed by atoms with Crippen LogP contribution in [0, 0.1) is 6.92 Å². The molecule has 10 heteroatoms. The molecule has 0 aliphatic carbocycles. The standard InChI is InChI=1S/C11H9Cl2F3N4O/c1-5-18-20(10(21)19(5)17-2)9-7(12)3-6(4-8(9)13)11(14,15)16/h3-4,17H,1-2H3. The van der Waals surface area contributed by atoms with Crippen molar-refractivity contribution in [2.45, 2.75) is 13.1 Å². The Morgan fingerprint density at radius 1 is 1.24 bits per heavy atom. The van der Waals surface area contributed by atoms with Crippen LogP contribution in [0.25, 0.3) is 5.69 Å². The van der Waals surface area contributed by atoms with Crippen LogP contribution >= 0.6 is 23.2 Å². The number of nitrogens with zero attached hydrogens (tertiary/aromatic N) is 3. The zero-order valence-corrected chi connectivity index (χ0v) is 12.3. The van der Waals surface area contributed by atoms with Crippen molar-refractivity contribution < 1.29 is 13.2 Å². The van der Waals surface area contributed by atoms with Gasteiger partial charge in [-0.15, -0.1) is 5.10 Å². The Bertz CT molecular complexity index is 728. The summed E-state index contributed by atoms with van der Waals surface area (Å²) in [6, 6.07) is 1.39. The average Bonchev–Trinajstić information content (AvgIpc) is 2.62. The molecule has 114 valence electrons. The largest absolute Gasteiger partial charge is 0.416 e. The second kappa shape index (κ2) is 5.27. The minimum atomic E-state index is -4.59. The maximum atomic E-state index is 12.7. The van der Waals surface area contributed by atoms with Gasteiger partial charge in [0.1, 0.15) is 5.69 Å². The summed E-state index contributed by atoms with van der Waals surface area (Å²) in [6.45, 7) is 1.54. The molecule has 2 aromatic rings. The van der Waals surface area contributed by atoms with E-state index in [4.69, 9.17) is 23.2 Å². The Morgan fingerprint density at radius 2 is 1.76 bits per heavy atom. The van der Waals surface area contributed by atoms with Gasteiger partial charge in [0.15, 0.2) is 5.82 Å². The van der Waals surface area contributed by atoms with Crippen LogP contribution in [0.5, 0.6) is 0 Å². The molecule has 0 saturated carbocycles. The first-order chi connectivity index (χ1) is 9.66. The smallest absolute Gasteiger partial charge is 0.323 e. The SMILES string of the molecule is CNn1c(C)nn(-c2c(Cl)cc(C(F)(F)F)cc2Cl)c1=O. The lowest BCUT2D eigenvalue weighted by molar-refractivity contribution is -0.137. The number of rotatable bonds is 2. The maximum Gasteiger partial charge on any atom is 0.416 e. The Kier molecular flexibility index (Phi) is 3.94. The lowest BCUT2D eigenvalue weighted by Gasteiger charge is -2.11. The molecule has 1 aromatic heterocycles. The molecule has 1 aromatic carbocycles. The summed E-state index contributed by atoms with van der Waals surface area (Å²) in [4.78, 5) is 12.1. The van der Waals surface area contributed by atoms with Crippen molar-refractivity contribution in [1.82, 2.24) is 14.5 Å². The Hall–Kier alpha value is -1.67. The van der Waals surface area contributed by atoms with Crippen molar-refractivity contribution in [3.8, 4) is 5.69 Å². The van der Waals surface area contributed by atoms with Crippen LogP contribution in [0.2, 0.25) is 10.0 Å². The van der Waals surface area contributed by atoms with Gasteiger partial charge in [0, 0.05) is 7.05 Å². The van der Waals surface area contributed by atoms with Crippen LogP contribution in [0.15, 0.2) is 16.9 Å². The fraction of sp³-hybridized carbons (Fsp3) is 0.273. The van der Waals surface area contributed by atoms with Crippen LogP contribution in [0.3, 0.4) is 0 Å². The Morgan fingerprint density at radius 3 is 2.14 bits per heavy atom. The zero-order valence-electron chi connectivity index (χ0n) is 10.8. The quantitative estimate of drug-likeness (QED) is 0.914. The molecule has 1 N–H and O–H groups in total. The van der Waals surface area contributed by atoms with E-state index in [0.29, 0.717) is 18.0 Å². The van der Waals surface area contributed by atoms with Gasteiger partial charge in [0.2, 0.25) is 0 Å². The third-order valence-electron chi connectivity index (χ3n) is 2.72. The fourth-order valence-electron chi connectivity index (χ4n) is 1.80. The number of alkyl halides is 3. The van der Waals surface area contributed by atoms with E-state index in [-0.39, 0.29) is 15.7 Å². The minimum absolute atomic E-state index is 0.103. The van der Waals surface area contributed by atoms with Gasteiger partial charge >= 0.3 is 11.9 Å². The van der Waals surface area contributed by atoms with E-state index < -0.39 is 17.4 Å². The second-order valence-corrected chi connectivity index (χ2v) is 4.90. The summed E-state index contributed by atoms with van der Waals surface area (Å²) in [6.07, 6.45) is -4.59. The summed E-state index contributed by atoms with van der Waals surface area (Å²) >= 11 is 11.7. The molecule has 0 radical (unpaired) electrons. The molecule has 0 fully saturated rings. The van der Waals surface area contributed by atoms with Crippen molar-refractivity contribution >= 4 is 23.2 Å². The minimum Gasteiger partial charge on any atom is -0.323 e. The fourth-order valence-corrected chi connectivity index (χ4v) is 2.45. The van der Waals surface area contributed by atoms with Crippen molar-refractivity contribution in [3.05, 3.63) is 44.1 Å². The molecule has 2 rings (SSSR count). The predicted octanol–water partition coefficient (Wildman–Crippen LogP) is 2.84. The summed E-state index contributed by atoms with van der Waals surface area (Å²) in [5, 5.41) is 3.28. The molecule has 0 unspecified atom stereocenters. The van der Waals surface area contributed by atoms with E-state index in [1.807, 2.05) is 0 Å². The first-order valence-corrected chi connectivity index (χ1v) is 6.35. The first kappa shape index (κ1) is 15.7. The normalized spacial score (nSPS) is 11.8. The van der Waals surface area contributed by atoms with Gasteiger partial charge in [-0.2, -0.15) is 22.5 Å². The maximum absolute atomic E-state index is 12.7. The van der Waals surface area contributed by atoms with Crippen molar-refractivity contribution in [2.24, 2.45) is 0 Å². The van der Waals surface area contributed by atoms with E-state index in [9.17, 15) is 18.0 Å². The van der Waals surface area contributed by atoms with Gasteiger partial charge in [0.05, 0.1) is 15.6 Å². The van der Waals surface area contributed by atoms with E-state index in [1.54, 1.807) is 6.92 Å². The summed E-state index contributed by atoms with van der Waals surface area (Å²) in [5.41, 5.74) is 0.852. The van der Waals surface area contributed by atoms with Gasteiger partial charge in [-0.3, -0.25) is 0 Å². The Balaban J connectivity index is 2.69. The second-order valence-electron chi connectivity index (χ2n) is 4.09. The number of hydrogen-bond donors (Lipinski definition) is 1. The number of aromatic nitrogens is 3.